The molecular weight excluding hydrogens is 312 g/mol. The lowest BCUT2D eigenvalue weighted by atomic mass is 10.2. The molecular formula is C13H15BrN2O3. The molecule has 0 aliphatic carbocycles. The highest BCUT2D eigenvalue weighted by molar-refractivity contribution is 9.09. The molecule has 3 amide bonds. The number of carbonyl (C=O) groups excluding carboxylic acids is 2. The molecule has 1 heterocycles. The summed E-state index contributed by atoms with van der Waals surface area (Å²) in [6, 6.07) is 6.76. The molecule has 2 rings (SSSR count). The second kappa shape index (κ2) is 5.61. The Balaban J connectivity index is 2.16. The van der Waals surface area contributed by atoms with Crippen LogP contribution in [0, 0.1) is 0 Å². The Bertz CT molecular complexity index is 489. The van der Waals surface area contributed by atoms with Crippen LogP contribution in [-0.2, 0) is 11.3 Å². The van der Waals surface area contributed by atoms with Crippen molar-refractivity contribution in [1.29, 1.82) is 0 Å². The van der Waals surface area contributed by atoms with Gasteiger partial charge in [0, 0.05) is 18.9 Å². The van der Waals surface area contributed by atoms with E-state index in [1.165, 1.54) is 7.05 Å². The maximum absolute atomic E-state index is 12.0. The molecule has 1 aliphatic rings. The number of methoxy groups -OCH3 is 1. The molecule has 1 fully saturated rings. The molecule has 0 spiro atoms. The Hall–Kier alpha value is -1.56. The third-order valence-corrected chi connectivity index (χ3v) is 3.80. The van der Waals surface area contributed by atoms with Gasteiger partial charge in [0.25, 0.3) is 5.91 Å². The summed E-state index contributed by atoms with van der Waals surface area (Å²) in [5.41, 5.74) is 0.961. The lowest BCUT2D eigenvalue weighted by Crippen LogP contribution is -2.35. The van der Waals surface area contributed by atoms with Crippen LogP contribution in [0.25, 0.3) is 0 Å². The van der Waals surface area contributed by atoms with E-state index in [0.29, 0.717) is 11.9 Å². The van der Waals surface area contributed by atoms with Gasteiger partial charge >= 0.3 is 6.03 Å². The monoisotopic (exact) mass is 326 g/mol. The second-order valence-electron chi connectivity index (χ2n) is 4.33. The maximum Gasteiger partial charge on any atom is 0.327 e. The summed E-state index contributed by atoms with van der Waals surface area (Å²) in [5.74, 6) is 0.595. The fourth-order valence-electron chi connectivity index (χ4n) is 2.03. The van der Waals surface area contributed by atoms with E-state index in [1.54, 1.807) is 12.0 Å². The molecule has 0 aromatic heterocycles. The summed E-state index contributed by atoms with van der Waals surface area (Å²) in [6.45, 7) is 0.412. The summed E-state index contributed by atoms with van der Waals surface area (Å²) in [6.07, 6.45) is 0. The number of nitrogens with zero attached hydrogens (tertiary/aromatic N) is 2. The second-order valence-corrected chi connectivity index (χ2v) is 4.97. The van der Waals surface area contributed by atoms with E-state index in [-0.39, 0.29) is 11.9 Å². The number of hydrogen-bond donors (Lipinski definition) is 0. The maximum atomic E-state index is 12.0. The zero-order chi connectivity index (χ0) is 14.0. The molecule has 1 unspecified atom stereocenters. The van der Waals surface area contributed by atoms with Crippen molar-refractivity contribution in [3.63, 3.8) is 0 Å². The van der Waals surface area contributed by atoms with Crippen LogP contribution in [0.4, 0.5) is 4.79 Å². The van der Waals surface area contributed by atoms with Crippen LogP contribution in [0.5, 0.6) is 5.75 Å². The molecule has 1 aliphatic heterocycles. The third kappa shape index (κ3) is 2.58. The van der Waals surface area contributed by atoms with Gasteiger partial charge in [0.05, 0.1) is 7.11 Å². The summed E-state index contributed by atoms with van der Waals surface area (Å²) >= 11 is 3.29. The van der Waals surface area contributed by atoms with Crippen LogP contribution in [-0.4, -0.2) is 47.3 Å². The predicted octanol–water partition coefficient (Wildman–Crippen LogP) is 1.85. The number of likely N-dealkylation sites (N-methyl/N-ethyl adjacent to an activating group) is 1. The molecule has 6 heteroatoms. The van der Waals surface area contributed by atoms with Crippen molar-refractivity contribution in [3.8, 4) is 5.75 Å². The van der Waals surface area contributed by atoms with E-state index in [2.05, 4.69) is 15.9 Å². The molecule has 19 heavy (non-hydrogen) atoms. The van der Waals surface area contributed by atoms with E-state index < -0.39 is 6.04 Å². The van der Waals surface area contributed by atoms with Crippen LogP contribution in [0.15, 0.2) is 24.3 Å². The number of benzene rings is 1. The highest BCUT2D eigenvalue weighted by atomic mass is 79.9. The zero-order valence-corrected chi connectivity index (χ0v) is 12.4. The summed E-state index contributed by atoms with van der Waals surface area (Å²) < 4.78 is 5.09. The Labute approximate surface area is 120 Å². The van der Waals surface area contributed by atoms with Crippen LogP contribution >= 0.6 is 15.9 Å². The van der Waals surface area contributed by atoms with E-state index in [4.69, 9.17) is 4.74 Å². The van der Waals surface area contributed by atoms with Crippen LogP contribution in [0.2, 0.25) is 0 Å². The van der Waals surface area contributed by atoms with Crippen LogP contribution in [0.1, 0.15) is 5.56 Å². The number of halogens is 1. The SMILES string of the molecule is COc1ccc(CN2C(=O)N(C)C(=O)C2CBr)cc1. The first-order valence-corrected chi connectivity index (χ1v) is 6.97. The first-order valence-electron chi connectivity index (χ1n) is 5.85. The fraction of sp³-hybridized carbons (Fsp3) is 0.385. The number of rotatable bonds is 4. The van der Waals surface area contributed by atoms with E-state index in [9.17, 15) is 9.59 Å². The molecule has 0 N–H and O–H groups in total. The Morgan fingerprint density at radius 2 is 1.89 bits per heavy atom. The van der Waals surface area contributed by atoms with Gasteiger partial charge < -0.3 is 9.64 Å². The van der Waals surface area contributed by atoms with Gasteiger partial charge in [0.2, 0.25) is 0 Å². The lowest BCUT2D eigenvalue weighted by Gasteiger charge is -2.20. The van der Waals surface area contributed by atoms with Gasteiger partial charge in [0.15, 0.2) is 0 Å². The van der Waals surface area contributed by atoms with E-state index in [1.807, 2.05) is 24.3 Å². The minimum atomic E-state index is -0.431. The molecule has 1 saturated heterocycles. The molecule has 1 aromatic carbocycles. The number of hydrogen-bond acceptors (Lipinski definition) is 3. The van der Waals surface area contributed by atoms with Crippen molar-refractivity contribution < 1.29 is 14.3 Å². The van der Waals surface area contributed by atoms with Gasteiger partial charge in [0.1, 0.15) is 11.8 Å². The highest BCUT2D eigenvalue weighted by Crippen LogP contribution is 2.21. The van der Waals surface area contributed by atoms with Gasteiger partial charge in [-0.1, -0.05) is 28.1 Å². The first-order chi connectivity index (χ1) is 9.08. The topological polar surface area (TPSA) is 49.9 Å². The minimum Gasteiger partial charge on any atom is -0.497 e. The molecule has 1 atom stereocenters. The van der Waals surface area contributed by atoms with Crippen molar-refractivity contribution in [3.05, 3.63) is 29.8 Å². The minimum absolute atomic E-state index is 0.171. The Morgan fingerprint density at radius 3 is 2.42 bits per heavy atom. The molecule has 1 aromatic rings. The molecule has 0 saturated carbocycles. The standard InChI is InChI=1S/C13H15BrN2O3/c1-15-12(17)11(7-14)16(13(15)18)8-9-3-5-10(19-2)6-4-9/h3-6,11H,7-8H2,1-2H3. The van der Waals surface area contributed by atoms with Gasteiger partial charge in [-0.25, -0.2) is 4.79 Å². The van der Waals surface area contributed by atoms with Gasteiger partial charge in [-0.05, 0) is 17.7 Å². The lowest BCUT2D eigenvalue weighted by molar-refractivity contribution is -0.126. The van der Waals surface area contributed by atoms with Gasteiger partial charge in [-0.15, -0.1) is 0 Å². The smallest absolute Gasteiger partial charge is 0.327 e. The Kier molecular flexibility index (Phi) is 4.09. The predicted molar refractivity (Wildman–Crippen MR) is 74.3 cm³/mol. The van der Waals surface area contributed by atoms with Crippen LogP contribution < -0.4 is 4.74 Å². The molecule has 5 nitrogen and oxygen atoms in total. The molecule has 102 valence electrons. The van der Waals surface area contributed by atoms with Crippen molar-refractivity contribution >= 4 is 27.9 Å². The molecule has 0 radical (unpaired) electrons. The number of amides is 3. The van der Waals surface area contributed by atoms with Crippen molar-refractivity contribution in [2.24, 2.45) is 0 Å². The number of imide groups is 1. The van der Waals surface area contributed by atoms with Crippen molar-refractivity contribution in [2.45, 2.75) is 12.6 Å². The molecule has 0 bridgehead atoms. The van der Waals surface area contributed by atoms with Crippen molar-refractivity contribution in [2.75, 3.05) is 19.5 Å². The Morgan fingerprint density at radius 1 is 1.26 bits per heavy atom. The summed E-state index contributed by atoms with van der Waals surface area (Å²) in [4.78, 5) is 26.6. The zero-order valence-electron chi connectivity index (χ0n) is 10.8. The normalized spacial score (nSPS) is 19.2. The number of urea groups is 1. The quantitative estimate of drug-likeness (QED) is 0.626. The van der Waals surface area contributed by atoms with E-state index in [0.717, 1.165) is 16.2 Å². The number of alkyl halides is 1. The fourth-order valence-corrected chi connectivity index (χ4v) is 2.66. The van der Waals surface area contributed by atoms with Gasteiger partial charge in [-0.2, -0.15) is 0 Å². The average molecular weight is 327 g/mol. The third-order valence-electron chi connectivity index (χ3n) is 3.18. The number of ether oxygens (including phenoxy) is 1. The largest absolute Gasteiger partial charge is 0.497 e. The summed E-state index contributed by atoms with van der Waals surface area (Å²) in [5, 5.41) is 0.443. The average Bonchev–Trinajstić information content (AvgIpc) is 2.64. The summed E-state index contributed by atoms with van der Waals surface area (Å²) in [7, 11) is 3.11. The van der Waals surface area contributed by atoms with Gasteiger partial charge in [-0.3, -0.25) is 9.69 Å². The van der Waals surface area contributed by atoms with Crippen LogP contribution in [0.3, 0.4) is 0 Å². The highest BCUT2D eigenvalue weighted by Gasteiger charge is 2.42. The van der Waals surface area contributed by atoms with E-state index >= 15 is 0 Å². The van der Waals surface area contributed by atoms with Crippen molar-refractivity contribution in [1.82, 2.24) is 9.80 Å². The first kappa shape index (κ1) is 13.9. The number of carbonyl (C=O) groups is 2.